The maximum Gasteiger partial charge on any atom is 0.314 e. The van der Waals surface area contributed by atoms with Crippen LogP contribution < -0.4 is 0 Å². The summed E-state index contributed by atoms with van der Waals surface area (Å²) >= 11 is 2.71. The Hall–Kier alpha value is -0.170. The fourth-order valence-corrected chi connectivity index (χ4v) is 0.231. The van der Waals surface area contributed by atoms with Gasteiger partial charge in [-0.3, -0.25) is 4.79 Å². The zero-order chi connectivity index (χ0) is 9.82. The Morgan fingerprint density at radius 2 is 1.58 bits per heavy atom. The van der Waals surface area contributed by atoms with Crippen LogP contribution in [-0.2, 0) is 9.53 Å². The van der Waals surface area contributed by atoms with Gasteiger partial charge >= 0.3 is 5.97 Å². The maximum absolute atomic E-state index is 9.32. The molecule has 6 heteroatoms. The normalized spacial score (nSPS) is 8.58. The number of rotatable bonds is 5. The maximum atomic E-state index is 9.32. The van der Waals surface area contributed by atoms with Crippen LogP contribution in [0, 0.1) is 0 Å². The Bertz CT molecular complexity index is 93.9. The number of aliphatic carboxylic acids is 1. The van der Waals surface area contributed by atoms with Crippen LogP contribution in [0.2, 0.25) is 0 Å². The quantitative estimate of drug-likeness (QED) is 0.447. The highest BCUT2D eigenvalue weighted by molar-refractivity contribution is 9.09. The smallest absolute Gasteiger partial charge is 0.314 e. The third kappa shape index (κ3) is 22.5. The van der Waals surface area contributed by atoms with Gasteiger partial charge in [-0.2, -0.15) is 0 Å². The molecule has 0 heterocycles. The summed E-state index contributed by atoms with van der Waals surface area (Å²) in [5.74, 6) is -0.829. The number of carboxylic acid groups (broad SMARTS) is 1. The topological polar surface area (TPSA) is 87.0 Å². The van der Waals surface area contributed by atoms with E-state index in [-0.39, 0.29) is 18.5 Å². The van der Waals surface area contributed by atoms with Crippen molar-refractivity contribution in [2.45, 2.75) is 0 Å². The third-order valence-electron chi connectivity index (χ3n) is 0.586. The van der Waals surface area contributed by atoms with E-state index in [0.29, 0.717) is 13.2 Å². The lowest BCUT2D eigenvalue weighted by Gasteiger charge is -1.94. The Morgan fingerprint density at radius 1 is 1.25 bits per heavy atom. The fraction of sp³-hybridized carbons (Fsp3) is 0.833. The van der Waals surface area contributed by atoms with Gasteiger partial charge in [-0.25, -0.2) is 0 Å². The molecule has 0 aliphatic heterocycles. The molecule has 0 unspecified atom stereocenters. The minimum Gasteiger partial charge on any atom is -0.481 e. The van der Waals surface area contributed by atoms with Crippen molar-refractivity contribution in [3.63, 3.8) is 0 Å². The van der Waals surface area contributed by atoms with Gasteiger partial charge in [0.25, 0.3) is 0 Å². The Balaban J connectivity index is 0. The molecule has 0 radical (unpaired) electrons. The summed E-state index contributed by atoms with van der Waals surface area (Å²) < 4.78 is 4.63. The average Bonchev–Trinajstić information content (AvgIpc) is 2.07. The highest BCUT2D eigenvalue weighted by Gasteiger charge is 1.83. The van der Waals surface area contributed by atoms with Gasteiger partial charge in [0.05, 0.1) is 26.4 Å². The van der Waals surface area contributed by atoms with E-state index in [9.17, 15) is 4.79 Å². The Kier molecular flexibility index (Phi) is 16.1. The lowest BCUT2D eigenvalue weighted by Crippen LogP contribution is -2.03. The van der Waals surface area contributed by atoms with Crippen molar-refractivity contribution in [3.05, 3.63) is 0 Å². The first-order chi connectivity index (χ1) is 5.68. The molecule has 0 bridgehead atoms. The molecule has 0 fully saturated rings. The van der Waals surface area contributed by atoms with E-state index in [0.717, 1.165) is 0 Å². The molecule has 0 aromatic rings. The standard InChI is InChI=1S/C4H10O3.C2H3BrO2/c5-1-3-7-4-2-6;3-1-2(4)5/h5-6H,1-4H2;1H2,(H,4,5). The molecule has 0 rings (SSSR count). The summed E-state index contributed by atoms with van der Waals surface area (Å²) in [7, 11) is 0. The van der Waals surface area contributed by atoms with Gasteiger partial charge in [-0.05, 0) is 0 Å². The van der Waals surface area contributed by atoms with Gasteiger partial charge in [0.15, 0.2) is 0 Å². The largest absolute Gasteiger partial charge is 0.481 e. The van der Waals surface area contributed by atoms with Crippen molar-refractivity contribution in [2.24, 2.45) is 0 Å². The van der Waals surface area contributed by atoms with Gasteiger partial charge in [0.1, 0.15) is 5.33 Å². The zero-order valence-corrected chi connectivity index (χ0v) is 8.16. The minimum atomic E-state index is -0.829. The number of hydrogen-bond donors (Lipinski definition) is 3. The van der Waals surface area contributed by atoms with Crippen LogP contribution in [-0.4, -0.2) is 53.0 Å². The molecule has 0 spiro atoms. The number of alkyl halides is 1. The SMILES string of the molecule is O=C(O)CBr.OCCOCCO. The highest BCUT2D eigenvalue weighted by atomic mass is 79.9. The number of aliphatic hydroxyl groups is 2. The average molecular weight is 245 g/mol. The minimum absolute atomic E-state index is 0.0278. The van der Waals surface area contributed by atoms with Gasteiger partial charge in [0, 0.05) is 0 Å². The second kappa shape index (κ2) is 13.4. The van der Waals surface area contributed by atoms with Crippen LogP contribution >= 0.6 is 15.9 Å². The predicted octanol–water partition coefficient (Wildman–Crippen LogP) is -0.546. The van der Waals surface area contributed by atoms with E-state index in [1.165, 1.54) is 0 Å². The number of carbonyl (C=O) groups is 1. The van der Waals surface area contributed by atoms with Crippen LogP contribution in [0.5, 0.6) is 0 Å². The molecule has 5 nitrogen and oxygen atoms in total. The summed E-state index contributed by atoms with van der Waals surface area (Å²) in [4.78, 5) is 9.32. The lowest BCUT2D eigenvalue weighted by atomic mass is 10.7. The zero-order valence-electron chi connectivity index (χ0n) is 6.57. The molecule has 0 aliphatic carbocycles. The van der Waals surface area contributed by atoms with Gasteiger partial charge in [-0.1, -0.05) is 15.9 Å². The Morgan fingerprint density at radius 3 is 1.75 bits per heavy atom. The van der Waals surface area contributed by atoms with E-state index in [2.05, 4.69) is 20.7 Å². The monoisotopic (exact) mass is 244 g/mol. The molecular weight excluding hydrogens is 232 g/mol. The van der Waals surface area contributed by atoms with Crippen molar-refractivity contribution in [3.8, 4) is 0 Å². The van der Waals surface area contributed by atoms with Crippen LogP contribution in [0.4, 0.5) is 0 Å². The molecule has 0 aromatic carbocycles. The van der Waals surface area contributed by atoms with E-state index in [1.807, 2.05) is 0 Å². The number of carboxylic acids is 1. The van der Waals surface area contributed by atoms with Crippen molar-refractivity contribution < 1.29 is 24.9 Å². The molecule has 0 saturated carbocycles. The van der Waals surface area contributed by atoms with E-state index in [4.69, 9.17) is 15.3 Å². The van der Waals surface area contributed by atoms with Crippen molar-refractivity contribution >= 4 is 21.9 Å². The first-order valence-electron chi connectivity index (χ1n) is 3.26. The summed E-state index contributed by atoms with van der Waals surface area (Å²) in [5.41, 5.74) is 0. The molecule has 0 saturated heterocycles. The third-order valence-corrected chi connectivity index (χ3v) is 1.07. The van der Waals surface area contributed by atoms with Crippen LogP contribution in [0.3, 0.4) is 0 Å². The molecule has 12 heavy (non-hydrogen) atoms. The molecular formula is C6H13BrO5. The first kappa shape index (κ1) is 14.4. The van der Waals surface area contributed by atoms with Gasteiger partial charge in [0.2, 0.25) is 0 Å². The lowest BCUT2D eigenvalue weighted by molar-refractivity contribution is -0.133. The first-order valence-corrected chi connectivity index (χ1v) is 4.38. The molecule has 0 amide bonds. The number of hydrogen-bond acceptors (Lipinski definition) is 4. The van der Waals surface area contributed by atoms with Crippen molar-refractivity contribution in [1.82, 2.24) is 0 Å². The fourth-order valence-electron chi connectivity index (χ4n) is 0.231. The summed E-state index contributed by atoms with van der Waals surface area (Å²) in [6.45, 7) is 0.696. The second-order valence-electron chi connectivity index (χ2n) is 1.59. The van der Waals surface area contributed by atoms with E-state index in [1.54, 1.807) is 0 Å². The second-order valence-corrected chi connectivity index (χ2v) is 2.15. The van der Waals surface area contributed by atoms with Crippen LogP contribution in [0.1, 0.15) is 0 Å². The molecule has 0 aliphatic rings. The highest BCUT2D eigenvalue weighted by Crippen LogP contribution is 1.73. The van der Waals surface area contributed by atoms with Gasteiger partial charge in [-0.15, -0.1) is 0 Å². The molecule has 0 atom stereocenters. The van der Waals surface area contributed by atoms with Gasteiger partial charge < -0.3 is 20.1 Å². The molecule has 0 aromatic heterocycles. The summed E-state index contributed by atoms with van der Waals surface area (Å²) in [6.07, 6.45) is 0. The van der Waals surface area contributed by atoms with E-state index < -0.39 is 5.97 Å². The van der Waals surface area contributed by atoms with Crippen molar-refractivity contribution in [1.29, 1.82) is 0 Å². The summed E-state index contributed by atoms with van der Waals surface area (Å²) in [5, 5.41) is 23.9. The number of aliphatic hydroxyl groups excluding tert-OH is 2. The predicted molar refractivity (Wildman–Crippen MR) is 46.4 cm³/mol. The van der Waals surface area contributed by atoms with Crippen molar-refractivity contribution in [2.75, 3.05) is 31.8 Å². The number of halogens is 1. The van der Waals surface area contributed by atoms with E-state index >= 15 is 0 Å². The molecule has 74 valence electrons. The van der Waals surface area contributed by atoms with Crippen LogP contribution in [0.15, 0.2) is 0 Å². The molecule has 3 N–H and O–H groups in total. The Labute approximate surface area is 79.1 Å². The van der Waals surface area contributed by atoms with Crippen LogP contribution in [0.25, 0.3) is 0 Å². The number of ether oxygens (including phenoxy) is 1. The summed E-state index contributed by atoms with van der Waals surface area (Å²) in [6, 6.07) is 0.